The van der Waals surface area contributed by atoms with Crippen LogP contribution in [0.4, 0.5) is 0 Å². The minimum atomic E-state index is -0.963. The first kappa shape index (κ1) is 11.8. The van der Waals surface area contributed by atoms with Crippen LogP contribution in [-0.4, -0.2) is 28.6 Å². The number of nitrogens with zero attached hydrogens (tertiary/aromatic N) is 1. The Morgan fingerprint density at radius 3 is 3.06 bits per heavy atom. The van der Waals surface area contributed by atoms with Gasteiger partial charge in [0.1, 0.15) is 0 Å². The second kappa shape index (κ2) is 4.76. The maximum Gasteiger partial charge on any atom is 0.372 e. The fourth-order valence-electron chi connectivity index (χ4n) is 3.62. The number of aromatic carboxylic acids is 1. The Hall–Kier alpha value is -1.29. The molecule has 3 rings (SSSR count). The van der Waals surface area contributed by atoms with Crippen molar-refractivity contribution < 1.29 is 14.3 Å². The van der Waals surface area contributed by atoms with Crippen molar-refractivity contribution in [2.24, 2.45) is 5.92 Å². The van der Waals surface area contributed by atoms with Crippen molar-refractivity contribution in [1.82, 2.24) is 4.90 Å². The van der Waals surface area contributed by atoms with Gasteiger partial charge < -0.3 is 9.52 Å². The Bertz CT molecular complexity index is 440. The highest BCUT2D eigenvalue weighted by molar-refractivity contribution is 5.86. The van der Waals surface area contributed by atoms with Crippen LogP contribution in [0.25, 0.3) is 0 Å². The molecule has 2 heterocycles. The zero-order chi connectivity index (χ0) is 12.5. The van der Waals surface area contributed by atoms with Gasteiger partial charge in [0, 0.05) is 18.2 Å². The Morgan fingerprint density at radius 2 is 2.22 bits per heavy atom. The zero-order valence-corrected chi connectivity index (χ0v) is 10.5. The summed E-state index contributed by atoms with van der Waals surface area (Å²) in [6.45, 7) is 1.81. The molecule has 2 aliphatic rings. The van der Waals surface area contributed by atoms with Crippen molar-refractivity contribution in [3.05, 3.63) is 23.7 Å². The van der Waals surface area contributed by atoms with Gasteiger partial charge >= 0.3 is 5.97 Å². The van der Waals surface area contributed by atoms with Crippen molar-refractivity contribution in [2.75, 3.05) is 6.54 Å². The minimum absolute atomic E-state index is 0.107. The molecule has 0 radical (unpaired) electrons. The lowest BCUT2D eigenvalue weighted by Crippen LogP contribution is -2.42. The number of hydrogen-bond acceptors (Lipinski definition) is 3. The predicted molar refractivity (Wildman–Crippen MR) is 66.4 cm³/mol. The molecule has 1 aromatic rings. The van der Waals surface area contributed by atoms with Crippen LogP contribution in [0, 0.1) is 5.92 Å². The molecule has 0 amide bonds. The van der Waals surface area contributed by atoms with Crippen molar-refractivity contribution in [3.8, 4) is 0 Å². The lowest BCUT2D eigenvalue weighted by Gasteiger charge is -2.37. The molecule has 2 atom stereocenters. The molecule has 2 fully saturated rings. The molecular formula is C14H19NO3. The van der Waals surface area contributed by atoms with Gasteiger partial charge in [0.05, 0.1) is 6.26 Å². The molecule has 0 aromatic carbocycles. The predicted octanol–water partition coefficient (Wildman–Crippen LogP) is 2.74. The molecule has 1 saturated heterocycles. The van der Waals surface area contributed by atoms with E-state index in [1.54, 1.807) is 6.07 Å². The molecule has 4 nitrogen and oxygen atoms in total. The van der Waals surface area contributed by atoms with Gasteiger partial charge in [-0.25, -0.2) is 4.79 Å². The van der Waals surface area contributed by atoms with Crippen LogP contribution in [0.15, 0.2) is 16.7 Å². The highest BCUT2D eigenvalue weighted by Crippen LogP contribution is 2.37. The number of carbonyl (C=O) groups is 1. The third-order valence-corrected chi connectivity index (χ3v) is 4.42. The summed E-state index contributed by atoms with van der Waals surface area (Å²) in [5.41, 5.74) is 0.815. The molecule has 18 heavy (non-hydrogen) atoms. The maximum atomic E-state index is 11.0. The smallest absolute Gasteiger partial charge is 0.372 e. The number of furan rings is 1. The monoisotopic (exact) mass is 249 g/mol. The second-order valence-corrected chi connectivity index (χ2v) is 5.45. The molecule has 1 saturated carbocycles. The summed E-state index contributed by atoms with van der Waals surface area (Å²) in [5, 5.41) is 9.06. The van der Waals surface area contributed by atoms with E-state index < -0.39 is 5.97 Å². The number of carboxylic acids is 1. The maximum absolute atomic E-state index is 11.0. The molecule has 0 bridgehead atoms. The van der Waals surface area contributed by atoms with Gasteiger partial charge in [0.25, 0.3) is 0 Å². The summed E-state index contributed by atoms with van der Waals surface area (Å²) in [5.74, 6) is -0.0240. The van der Waals surface area contributed by atoms with Gasteiger partial charge in [-0.2, -0.15) is 0 Å². The lowest BCUT2D eigenvalue weighted by molar-refractivity contribution is 0.0653. The number of carboxylic acid groups (broad SMARTS) is 1. The number of fused-ring (bicyclic) bond motifs is 1. The second-order valence-electron chi connectivity index (χ2n) is 5.45. The fourth-order valence-corrected chi connectivity index (χ4v) is 3.62. The van der Waals surface area contributed by atoms with Gasteiger partial charge in [-0.15, -0.1) is 0 Å². The molecule has 1 aliphatic heterocycles. The molecular weight excluding hydrogens is 230 g/mol. The highest BCUT2D eigenvalue weighted by atomic mass is 16.4. The number of likely N-dealkylation sites (tertiary alicyclic amines) is 1. The first-order chi connectivity index (χ1) is 8.75. The Balaban J connectivity index is 1.75. The first-order valence-electron chi connectivity index (χ1n) is 6.79. The molecule has 2 unspecified atom stereocenters. The van der Waals surface area contributed by atoms with Gasteiger partial charge in [0.2, 0.25) is 5.76 Å². The topological polar surface area (TPSA) is 53.7 Å². The van der Waals surface area contributed by atoms with Crippen LogP contribution in [0.2, 0.25) is 0 Å². The molecule has 0 spiro atoms. The van der Waals surface area contributed by atoms with Crippen molar-refractivity contribution in [1.29, 1.82) is 0 Å². The van der Waals surface area contributed by atoms with Crippen LogP contribution in [0.5, 0.6) is 0 Å². The number of piperidine rings is 1. The lowest BCUT2D eigenvalue weighted by atomic mass is 9.91. The molecule has 1 aliphatic carbocycles. The molecule has 4 heteroatoms. The van der Waals surface area contributed by atoms with E-state index in [1.807, 2.05) is 0 Å². The summed E-state index contributed by atoms with van der Waals surface area (Å²) in [6, 6.07) is 2.46. The number of rotatable bonds is 3. The van der Waals surface area contributed by atoms with Crippen molar-refractivity contribution in [2.45, 2.75) is 44.7 Å². The van der Waals surface area contributed by atoms with E-state index in [0.29, 0.717) is 6.04 Å². The van der Waals surface area contributed by atoms with Crippen LogP contribution in [0.3, 0.4) is 0 Å². The van der Waals surface area contributed by atoms with Crippen molar-refractivity contribution in [3.63, 3.8) is 0 Å². The van der Waals surface area contributed by atoms with Gasteiger partial charge in [-0.1, -0.05) is 6.42 Å². The molecule has 98 valence electrons. The largest absolute Gasteiger partial charge is 0.475 e. The average molecular weight is 249 g/mol. The summed E-state index contributed by atoms with van der Waals surface area (Å²) >= 11 is 0. The summed E-state index contributed by atoms with van der Waals surface area (Å²) in [7, 11) is 0. The van der Waals surface area contributed by atoms with Crippen LogP contribution >= 0.6 is 0 Å². The normalized spacial score (nSPS) is 28.2. The van der Waals surface area contributed by atoms with Gasteiger partial charge in [0.15, 0.2) is 0 Å². The first-order valence-corrected chi connectivity index (χ1v) is 6.79. The molecule has 1 N–H and O–H groups in total. The van der Waals surface area contributed by atoms with E-state index in [2.05, 4.69) is 4.90 Å². The number of hydrogen-bond donors (Lipinski definition) is 1. The third-order valence-electron chi connectivity index (χ3n) is 4.42. The van der Waals surface area contributed by atoms with Gasteiger partial charge in [-0.3, -0.25) is 4.90 Å². The van der Waals surface area contributed by atoms with Gasteiger partial charge in [-0.05, 0) is 44.2 Å². The van der Waals surface area contributed by atoms with E-state index in [-0.39, 0.29) is 5.76 Å². The summed E-state index contributed by atoms with van der Waals surface area (Å²) in [4.78, 5) is 13.5. The average Bonchev–Trinajstić information content (AvgIpc) is 2.96. The minimum Gasteiger partial charge on any atom is -0.475 e. The van der Waals surface area contributed by atoms with Crippen molar-refractivity contribution >= 4 is 5.97 Å². The van der Waals surface area contributed by atoms with E-state index in [1.165, 1.54) is 38.4 Å². The summed E-state index contributed by atoms with van der Waals surface area (Å²) < 4.78 is 5.05. The fraction of sp³-hybridized carbons (Fsp3) is 0.643. The SMILES string of the molecule is O=C(O)c1occc1CN1CCCC2CCCC21. The quantitative estimate of drug-likeness (QED) is 0.895. The third kappa shape index (κ3) is 2.05. The zero-order valence-electron chi connectivity index (χ0n) is 10.5. The molecule has 1 aromatic heterocycles. The Labute approximate surface area is 107 Å². The van der Waals surface area contributed by atoms with E-state index in [0.717, 1.165) is 24.6 Å². The van der Waals surface area contributed by atoms with Crippen LogP contribution < -0.4 is 0 Å². The van der Waals surface area contributed by atoms with E-state index in [9.17, 15) is 4.79 Å². The Kier molecular flexibility index (Phi) is 3.12. The van der Waals surface area contributed by atoms with E-state index in [4.69, 9.17) is 9.52 Å². The van der Waals surface area contributed by atoms with Crippen LogP contribution in [-0.2, 0) is 6.54 Å². The summed E-state index contributed by atoms with van der Waals surface area (Å²) in [6.07, 6.45) is 8.00. The Morgan fingerprint density at radius 1 is 1.39 bits per heavy atom. The standard InChI is InChI=1S/C14H19NO3/c16-14(17)13-11(6-8-18-13)9-15-7-2-4-10-3-1-5-12(10)15/h6,8,10,12H,1-5,7,9H2,(H,16,17). The highest BCUT2D eigenvalue weighted by Gasteiger charge is 2.35. The van der Waals surface area contributed by atoms with E-state index >= 15 is 0 Å². The van der Waals surface area contributed by atoms with Crippen LogP contribution in [0.1, 0.15) is 48.2 Å².